The maximum atomic E-state index is 5.56. The van der Waals surface area contributed by atoms with Crippen LogP contribution in [0, 0.1) is 0 Å². The van der Waals surface area contributed by atoms with Gasteiger partial charge in [0.15, 0.2) is 5.96 Å². The third-order valence-electron chi connectivity index (χ3n) is 1.64. The first-order valence-electron chi connectivity index (χ1n) is 4.79. The minimum absolute atomic E-state index is 0.0594. The lowest BCUT2D eigenvalue weighted by Gasteiger charge is -2.03. The first kappa shape index (κ1) is 12.4. The number of nitrogens with two attached hydrogens (primary N) is 3. The summed E-state index contributed by atoms with van der Waals surface area (Å²) in [5, 5.41) is 0. The van der Waals surface area contributed by atoms with Crippen LogP contribution in [0.25, 0.3) is 0 Å². The molecule has 1 rings (SSSR count). The lowest BCUT2D eigenvalue weighted by Crippen LogP contribution is -2.26. The summed E-state index contributed by atoms with van der Waals surface area (Å²) in [6, 6.07) is 7.69. The van der Waals surface area contributed by atoms with Crippen molar-refractivity contribution in [2.24, 2.45) is 27.2 Å². The molecule has 0 atom stereocenters. The predicted molar refractivity (Wildman–Crippen MR) is 69.9 cm³/mol. The predicted octanol–water partition coefficient (Wildman–Crippen LogP) is 1.02. The molecule has 0 radical (unpaired) electrons. The molecular formula is C10H15N5S. The van der Waals surface area contributed by atoms with Gasteiger partial charge in [0.25, 0.3) is 0 Å². The van der Waals surface area contributed by atoms with Crippen LogP contribution in [0.1, 0.15) is 6.92 Å². The van der Waals surface area contributed by atoms with Crippen LogP contribution in [-0.4, -0.2) is 17.7 Å². The number of hydrogen-bond donors (Lipinski definition) is 3. The number of nitrogens with zero attached hydrogens (tertiary/aromatic N) is 2. The Morgan fingerprint density at radius 1 is 1.25 bits per heavy atom. The van der Waals surface area contributed by atoms with Crippen molar-refractivity contribution in [2.75, 3.05) is 5.75 Å². The van der Waals surface area contributed by atoms with Gasteiger partial charge in [-0.25, -0.2) is 4.99 Å². The summed E-state index contributed by atoms with van der Waals surface area (Å²) in [7, 11) is 0. The molecule has 0 amide bonds. The molecule has 0 saturated carbocycles. The summed E-state index contributed by atoms with van der Waals surface area (Å²) in [4.78, 5) is 8.86. The second-order valence-corrected chi connectivity index (χ2v) is 4.21. The smallest absolute Gasteiger partial charge is 0.223 e. The number of benzene rings is 1. The van der Waals surface area contributed by atoms with Gasteiger partial charge in [0.1, 0.15) is 0 Å². The van der Waals surface area contributed by atoms with Gasteiger partial charge in [0, 0.05) is 4.90 Å². The quantitative estimate of drug-likeness (QED) is 0.415. The van der Waals surface area contributed by atoms with Crippen LogP contribution in [0.2, 0.25) is 0 Å². The van der Waals surface area contributed by atoms with Crippen LogP contribution in [0.5, 0.6) is 0 Å². The van der Waals surface area contributed by atoms with Crippen LogP contribution < -0.4 is 17.2 Å². The molecular weight excluding hydrogens is 222 g/mol. The highest BCUT2D eigenvalue weighted by molar-refractivity contribution is 7.99. The number of hydrogen-bond acceptors (Lipinski definition) is 2. The summed E-state index contributed by atoms with van der Waals surface area (Å²) >= 11 is 1.69. The Balaban J connectivity index is 2.99. The van der Waals surface area contributed by atoms with Crippen LogP contribution >= 0.6 is 11.8 Å². The van der Waals surface area contributed by atoms with Gasteiger partial charge >= 0.3 is 0 Å². The molecule has 0 aromatic heterocycles. The molecule has 0 fully saturated rings. The fourth-order valence-electron chi connectivity index (χ4n) is 1.11. The Morgan fingerprint density at radius 3 is 2.56 bits per heavy atom. The maximum Gasteiger partial charge on any atom is 0.223 e. The summed E-state index contributed by atoms with van der Waals surface area (Å²) in [6.07, 6.45) is 0. The highest BCUT2D eigenvalue weighted by atomic mass is 32.2. The Kier molecular flexibility index (Phi) is 4.65. The van der Waals surface area contributed by atoms with Crippen molar-refractivity contribution in [1.82, 2.24) is 0 Å². The zero-order chi connectivity index (χ0) is 12.0. The molecule has 0 unspecified atom stereocenters. The van der Waals surface area contributed by atoms with Gasteiger partial charge in [0.05, 0.1) is 5.69 Å². The topological polar surface area (TPSA) is 103 Å². The van der Waals surface area contributed by atoms with Crippen molar-refractivity contribution in [2.45, 2.75) is 11.8 Å². The van der Waals surface area contributed by atoms with Crippen molar-refractivity contribution in [1.29, 1.82) is 0 Å². The van der Waals surface area contributed by atoms with E-state index in [1.807, 2.05) is 24.3 Å². The average Bonchev–Trinajstić information content (AvgIpc) is 2.20. The molecule has 0 heterocycles. The van der Waals surface area contributed by atoms with Crippen molar-refractivity contribution < 1.29 is 0 Å². The van der Waals surface area contributed by atoms with Crippen LogP contribution in [0.15, 0.2) is 39.1 Å². The molecule has 0 bridgehead atoms. The zero-order valence-corrected chi connectivity index (χ0v) is 9.87. The number of rotatable bonds is 3. The third kappa shape index (κ3) is 3.82. The second-order valence-electron chi connectivity index (χ2n) is 2.91. The normalized spacial score (nSPS) is 11.2. The van der Waals surface area contributed by atoms with E-state index in [0.717, 1.165) is 16.3 Å². The molecule has 6 N–H and O–H groups in total. The largest absolute Gasteiger partial charge is 0.370 e. The Morgan fingerprint density at radius 2 is 1.94 bits per heavy atom. The number of thioether (sulfide) groups is 1. The van der Waals surface area contributed by atoms with Crippen molar-refractivity contribution in [3.05, 3.63) is 24.3 Å². The van der Waals surface area contributed by atoms with E-state index in [2.05, 4.69) is 16.9 Å². The first-order valence-corrected chi connectivity index (χ1v) is 5.77. The van der Waals surface area contributed by atoms with E-state index in [1.165, 1.54) is 0 Å². The van der Waals surface area contributed by atoms with E-state index in [0.29, 0.717) is 0 Å². The SMILES string of the molecule is CCSc1ccccc1N=C(N)N=C(N)N. The average molecular weight is 237 g/mol. The van der Waals surface area contributed by atoms with E-state index in [9.17, 15) is 0 Å². The van der Waals surface area contributed by atoms with Gasteiger partial charge in [-0.1, -0.05) is 19.1 Å². The van der Waals surface area contributed by atoms with Crippen LogP contribution in [0.4, 0.5) is 5.69 Å². The fraction of sp³-hybridized carbons (Fsp3) is 0.200. The van der Waals surface area contributed by atoms with Gasteiger partial charge in [-0.15, -0.1) is 11.8 Å². The van der Waals surface area contributed by atoms with Crippen molar-refractivity contribution >= 4 is 29.4 Å². The van der Waals surface area contributed by atoms with Gasteiger partial charge in [0.2, 0.25) is 5.96 Å². The van der Waals surface area contributed by atoms with Crippen LogP contribution in [-0.2, 0) is 0 Å². The molecule has 0 aliphatic heterocycles. The molecule has 1 aromatic carbocycles. The molecule has 6 heteroatoms. The number of para-hydroxylation sites is 1. The second kappa shape index (κ2) is 6.02. The van der Waals surface area contributed by atoms with Gasteiger partial charge in [-0.05, 0) is 17.9 Å². The molecule has 0 saturated heterocycles. The molecule has 0 aliphatic carbocycles. The van der Waals surface area contributed by atoms with Crippen LogP contribution in [0.3, 0.4) is 0 Å². The molecule has 1 aromatic rings. The van der Waals surface area contributed by atoms with E-state index in [1.54, 1.807) is 11.8 Å². The minimum Gasteiger partial charge on any atom is -0.370 e. The van der Waals surface area contributed by atoms with E-state index < -0.39 is 0 Å². The lowest BCUT2D eigenvalue weighted by molar-refractivity contribution is 1.32. The highest BCUT2D eigenvalue weighted by Gasteiger charge is 2.00. The molecule has 0 aliphatic rings. The Labute approximate surface area is 98.8 Å². The summed E-state index contributed by atoms with van der Waals surface area (Å²) in [5.41, 5.74) is 16.8. The summed E-state index contributed by atoms with van der Waals surface area (Å²) in [5.74, 6) is 0.931. The van der Waals surface area contributed by atoms with E-state index in [4.69, 9.17) is 17.2 Å². The number of guanidine groups is 2. The van der Waals surface area contributed by atoms with Crippen molar-refractivity contribution in [3.8, 4) is 0 Å². The molecule has 5 nitrogen and oxygen atoms in total. The highest BCUT2D eigenvalue weighted by Crippen LogP contribution is 2.28. The Hall–Kier alpha value is -1.69. The van der Waals surface area contributed by atoms with E-state index >= 15 is 0 Å². The van der Waals surface area contributed by atoms with E-state index in [-0.39, 0.29) is 11.9 Å². The molecule has 0 spiro atoms. The van der Waals surface area contributed by atoms with Gasteiger partial charge < -0.3 is 17.2 Å². The Bertz CT molecular complexity index is 409. The molecule has 86 valence electrons. The monoisotopic (exact) mass is 237 g/mol. The fourth-order valence-corrected chi connectivity index (χ4v) is 1.86. The summed E-state index contributed by atoms with van der Waals surface area (Å²) in [6.45, 7) is 2.07. The maximum absolute atomic E-state index is 5.56. The standard InChI is InChI=1S/C10H15N5S/c1-2-16-8-6-4-3-5-7(8)14-10(13)15-9(11)12/h3-6H,2H2,1H3,(H6,11,12,13,14,15). The van der Waals surface area contributed by atoms with Gasteiger partial charge in [-0.2, -0.15) is 4.99 Å². The van der Waals surface area contributed by atoms with Crippen molar-refractivity contribution in [3.63, 3.8) is 0 Å². The lowest BCUT2D eigenvalue weighted by atomic mass is 10.3. The minimum atomic E-state index is -0.0955. The molecule has 16 heavy (non-hydrogen) atoms. The number of aliphatic imine (C=N–C) groups is 2. The first-order chi connectivity index (χ1) is 7.63. The summed E-state index contributed by atoms with van der Waals surface area (Å²) < 4.78 is 0. The van der Waals surface area contributed by atoms with Gasteiger partial charge in [-0.3, -0.25) is 0 Å². The third-order valence-corrected chi connectivity index (χ3v) is 2.59. The zero-order valence-electron chi connectivity index (χ0n) is 9.05.